The summed E-state index contributed by atoms with van der Waals surface area (Å²) < 4.78 is 13.0. The molecule has 2 rings (SSSR count). The molecule has 0 aromatic heterocycles. The van der Waals surface area contributed by atoms with E-state index in [4.69, 9.17) is 5.73 Å². The second kappa shape index (κ2) is 4.70. The Balaban J connectivity index is 2.08. The van der Waals surface area contributed by atoms with Crippen molar-refractivity contribution in [3.05, 3.63) is 35.6 Å². The smallest absolute Gasteiger partial charge is 0.123 e. The first-order valence-electron chi connectivity index (χ1n) is 5.23. The molecule has 1 aromatic carbocycles. The fraction of sp³-hybridized carbons (Fsp3) is 0.455. The number of nitrogens with one attached hydrogen (secondary N) is 1. The molecule has 0 saturated carbocycles. The predicted molar refractivity (Wildman–Crippen MR) is 57.8 cm³/mol. The van der Waals surface area contributed by atoms with Gasteiger partial charge in [-0.25, -0.2) is 4.39 Å². The van der Waals surface area contributed by atoms with E-state index in [2.05, 4.69) is 10.2 Å². The number of nitrogens with zero attached hydrogens (tertiary/aromatic N) is 1. The maximum Gasteiger partial charge on any atom is 0.123 e. The molecule has 1 aliphatic heterocycles. The van der Waals surface area contributed by atoms with Gasteiger partial charge < -0.3 is 11.1 Å². The van der Waals surface area contributed by atoms with E-state index >= 15 is 0 Å². The summed E-state index contributed by atoms with van der Waals surface area (Å²) in [4.78, 5) is 2.16. The summed E-state index contributed by atoms with van der Waals surface area (Å²) in [6, 6.07) is 6.52. The molecule has 0 radical (unpaired) electrons. The van der Waals surface area contributed by atoms with Crippen molar-refractivity contribution in [1.29, 1.82) is 0 Å². The van der Waals surface area contributed by atoms with Crippen LogP contribution in [0.3, 0.4) is 0 Å². The second-order valence-corrected chi connectivity index (χ2v) is 3.79. The molecule has 1 atom stereocenters. The Hall–Kier alpha value is -0.970. The lowest BCUT2D eigenvalue weighted by atomic mass is 10.1. The second-order valence-electron chi connectivity index (χ2n) is 3.79. The third kappa shape index (κ3) is 2.53. The zero-order chi connectivity index (χ0) is 10.7. The monoisotopic (exact) mass is 209 g/mol. The lowest BCUT2D eigenvalue weighted by Crippen LogP contribution is -2.47. The molecule has 82 valence electrons. The summed E-state index contributed by atoms with van der Waals surface area (Å²) in [5, 5.41) is 3.26. The van der Waals surface area contributed by atoms with Gasteiger partial charge in [0.25, 0.3) is 0 Å². The zero-order valence-corrected chi connectivity index (χ0v) is 8.62. The standard InChI is InChI=1S/C11H16FN3/c12-10-3-1-2-9(8-10)11(13)15-6-4-14-5-7-15/h1-3,8,11,14H,4-7,13H2. The Morgan fingerprint density at radius 2 is 2.07 bits per heavy atom. The largest absolute Gasteiger partial charge is 0.314 e. The van der Waals surface area contributed by atoms with Crippen molar-refractivity contribution in [3.63, 3.8) is 0 Å². The highest BCUT2D eigenvalue weighted by Gasteiger charge is 2.18. The minimum atomic E-state index is -0.224. The van der Waals surface area contributed by atoms with Gasteiger partial charge in [0, 0.05) is 26.2 Å². The van der Waals surface area contributed by atoms with Gasteiger partial charge in [0.2, 0.25) is 0 Å². The first kappa shape index (κ1) is 10.5. The van der Waals surface area contributed by atoms with Crippen LogP contribution >= 0.6 is 0 Å². The number of benzene rings is 1. The van der Waals surface area contributed by atoms with Gasteiger partial charge in [-0.2, -0.15) is 0 Å². The molecular weight excluding hydrogens is 193 g/mol. The highest BCUT2D eigenvalue weighted by Crippen LogP contribution is 2.16. The van der Waals surface area contributed by atoms with Gasteiger partial charge in [-0.1, -0.05) is 12.1 Å². The van der Waals surface area contributed by atoms with Crippen LogP contribution in [0.2, 0.25) is 0 Å². The van der Waals surface area contributed by atoms with Gasteiger partial charge in [-0.15, -0.1) is 0 Å². The third-order valence-corrected chi connectivity index (χ3v) is 2.74. The molecule has 1 aromatic rings. The van der Waals surface area contributed by atoms with Crippen molar-refractivity contribution in [2.24, 2.45) is 5.73 Å². The maximum absolute atomic E-state index is 13.0. The molecule has 1 fully saturated rings. The van der Waals surface area contributed by atoms with Crippen LogP contribution in [-0.4, -0.2) is 31.1 Å². The number of hydrogen-bond acceptors (Lipinski definition) is 3. The molecule has 3 N–H and O–H groups in total. The van der Waals surface area contributed by atoms with E-state index in [-0.39, 0.29) is 12.0 Å². The Labute approximate surface area is 89.1 Å². The van der Waals surface area contributed by atoms with Crippen molar-refractivity contribution < 1.29 is 4.39 Å². The van der Waals surface area contributed by atoms with Crippen molar-refractivity contribution in [2.75, 3.05) is 26.2 Å². The Kier molecular flexibility index (Phi) is 3.30. The van der Waals surface area contributed by atoms with Crippen LogP contribution in [0, 0.1) is 5.82 Å². The van der Waals surface area contributed by atoms with Gasteiger partial charge in [0.1, 0.15) is 5.82 Å². The first-order chi connectivity index (χ1) is 7.27. The van der Waals surface area contributed by atoms with Crippen LogP contribution in [0.1, 0.15) is 11.7 Å². The molecule has 0 bridgehead atoms. The lowest BCUT2D eigenvalue weighted by Gasteiger charge is -2.32. The number of halogens is 1. The van der Waals surface area contributed by atoms with Crippen molar-refractivity contribution in [1.82, 2.24) is 10.2 Å². The average molecular weight is 209 g/mol. The van der Waals surface area contributed by atoms with Gasteiger partial charge >= 0.3 is 0 Å². The van der Waals surface area contributed by atoms with Crippen LogP contribution in [0.5, 0.6) is 0 Å². The highest BCUT2D eigenvalue weighted by atomic mass is 19.1. The summed E-state index contributed by atoms with van der Waals surface area (Å²) >= 11 is 0. The zero-order valence-electron chi connectivity index (χ0n) is 8.62. The van der Waals surface area contributed by atoms with Crippen molar-refractivity contribution in [2.45, 2.75) is 6.17 Å². The fourth-order valence-corrected chi connectivity index (χ4v) is 1.86. The normalized spacial score (nSPS) is 20.1. The van der Waals surface area contributed by atoms with E-state index in [1.54, 1.807) is 6.07 Å². The Bertz CT molecular complexity index is 323. The lowest BCUT2D eigenvalue weighted by molar-refractivity contribution is 0.177. The molecule has 4 heteroatoms. The molecular formula is C11H16FN3. The van der Waals surface area contributed by atoms with E-state index in [1.807, 2.05) is 6.07 Å². The topological polar surface area (TPSA) is 41.3 Å². The number of hydrogen-bond donors (Lipinski definition) is 2. The molecule has 3 nitrogen and oxygen atoms in total. The molecule has 1 unspecified atom stereocenters. The Morgan fingerprint density at radius 1 is 1.33 bits per heavy atom. The third-order valence-electron chi connectivity index (χ3n) is 2.74. The van der Waals surface area contributed by atoms with E-state index in [0.29, 0.717) is 0 Å². The van der Waals surface area contributed by atoms with Crippen molar-refractivity contribution >= 4 is 0 Å². The molecule has 0 aliphatic carbocycles. The molecule has 1 saturated heterocycles. The van der Waals surface area contributed by atoms with E-state index < -0.39 is 0 Å². The van der Waals surface area contributed by atoms with Crippen LogP contribution in [0.15, 0.2) is 24.3 Å². The Morgan fingerprint density at radius 3 is 2.73 bits per heavy atom. The maximum atomic E-state index is 13.0. The van der Waals surface area contributed by atoms with Gasteiger partial charge in [-0.05, 0) is 17.7 Å². The number of piperazine rings is 1. The molecule has 15 heavy (non-hydrogen) atoms. The predicted octanol–water partition coefficient (Wildman–Crippen LogP) is 0.688. The molecule has 0 amide bonds. The van der Waals surface area contributed by atoms with Crippen molar-refractivity contribution in [3.8, 4) is 0 Å². The highest BCUT2D eigenvalue weighted by molar-refractivity contribution is 5.19. The molecule has 1 heterocycles. The quantitative estimate of drug-likeness (QED) is 0.753. The fourth-order valence-electron chi connectivity index (χ4n) is 1.86. The summed E-state index contributed by atoms with van der Waals surface area (Å²) in [6.07, 6.45) is -0.192. The van der Waals surface area contributed by atoms with Crippen LogP contribution in [-0.2, 0) is 0 Å². The minimum Gasteiger partial charge on any atom is -0.314 e. The minimum absolute atomic E-state index is 0.192. The molecule has 1 aliphatic rings. The van der Waals surface area contributed by atoms with Crippen LogP contribution in [0.4, 0.5) is 4.39 Å². The average Bonchev–Trinajstić information content (AvgIpc) is 2.29. The number of nitrogens with two attached hydrogens (primary N) is 1. The molecule has 0 spiro atoms. The first-order valence-corrected chi connectivity index (χ1v) is 5.23. The summed E-state index contributed by atoms with van der Waals surface area (Å²) in [5.74, 6) is -0.224. The van der Waals surface area contributed by atoms with E-state index in [0.717, 1.165) is 31.7 Å². The van der Waals surface area contributed by atoms with E-state index in [1.165, 1.54) is 12.1 Å². The summed E-state index contributed by atoms with van der Waals surface area (Å²) in [6.45, 7) is 3.72. The SMILES string of the molecule is NC(c1cccc(F)c1)N1CCNCC1. The van der Waals surface area contributed by atoms with Gasteiger partial charge in [0.05, 0.1) is 6.17 Å². The summed E-state index contributed by atoms with van der Waals surface area (Å²) in [7, 11) is 0. The van der Waals surface area contributed by atoms with Crippen LogP contribution < -0.4 is 11.1 Å². The van der Waals surface area contributed by atoms with Gasteiger partial charge in [-0.3, -0.25) is 4.90 Å². The summed E-state index contributed by atoms with van der Waals surface area (Å²) in [5.41, 5.74) is 6.91. The van der Waals surface area contributed by atoms with Crippen LogP contribution in [0.25, 0.3) is 0 Å². The number of rotatable bonds is 2. The van der Waals surface area contributed by atoms with E-state index in [9.17, 15) is 4.39 Å². The van der Waals surface area contributed by atoms with Gasteiger partial charge in [0.15, 0.2) is 0 Å².